The van der Waals surface area contributed by atoms with Gasteiger partial charge in [0.15, 0.2) is 0 Å². The summed E-state index contributed by atoms with van der Waals surface area (Å²) in [5.41, 5.74) is 6.86. The number of carbonyl (C=O) groups is 2. The summed E-state index contributed by atoms with van der Waals surface area (Å²) < 4.78 is 5.36. The summed E-state index contributed by atoms with van der Waals surface area (Å²) in [5, 5.41) is 38.5. The second kappa shape index (κ2) is 12.7. The number of nitrogens with zero attached hydrogens (tertiary/aromatic N) is 1. The normalized spacial score (nSPS) is 30.4. The second-order valence-electron chi connectivity index (χ2n) is 7.89. The highest BCUT2D eigenvalue weighted by atomic mass is 35.5. The first-order chi connectivity index (χ1) is 15.3. The molecule has 2 heterocycles. The maximum absolute atomic E-state index is 12.6. The maximum atomic E-state index is 12.6. The molecule has 0 aliphatic carbocycles. The van der Waals surface area contributed by atoms with E-state index in [0.29, 0.717) is 24.4 Å². The lowest BCUT2D eigenvalue weighted by Gasteiger charge is -2.37. The molecule has 0 radical (unpaired) electrons. The molecule has 0 spiro atoms. The summed E-state index contributed by atoms with van der Waals surface area (Å²) in [6.45, 7) is -0.242. The Labute approximate surface area is 202 Å². The van der Waals surface area contributed by atoms with Crippen LogP contribution in [0.1, 0.15) is 24.8 Å². The third-order valence-electron chi connectivity index (χ3n) is 5.52. The van der Waals surface area contributed by atoms with Gasteiger partial charge in [-0.2, -0.15) is 0 Å². The van der Waals surface area contributed by atoms with E-state index in [4.69, 9.17) is 10.5 Å². The predicted octanol–water partition coefficient (Wildman–Crippen LogP) is -5.93. The van der Waals surface area contributed by atoms with Crippen molar-refractivity contribution in [2.45, 2.75) is 61.7 Å². The molecule has 33 heavy (non-hydrogen) atoms. The summed E-state index contributed by atoms with van der Waals surface area (Å²) in [5.74, 6) is 0.543. The standard InChI is InChI=1S/C21H29N3O7S.ClH/c22-15(23-20-19(29)18(28)17(27)13(11-25)31-20)7-4-8-32-14-9-16(26)24(21(14)30)10-12-5-2-1-3-6-12;/h1-3,5-6,13-14,17-20,25,27-29H,4,7-11H2,(H2,22,23);1H/t13-,14?,17-,18+,19-,20-;/m1./s1. The highest BCUT2D eigenvalue weighted by Gasteiger charge is 2.44. The van der Waals surface area contributed by atoms with Crippen LogP contribution in [-0.4, -0.2) is 91.2 Å². The molecular weight excluding hydrogens is 474 g/mol. The number of amides is 2. The number of amidine groups is 1. The third kappa shape index (κ3) is 6.89. The summed E-state index contributed by atoms with van der Waals surface area (Å²) in [4.78, 5) is 28.9. The van der Waals surface area contributed by atoms with E-state index in [1.807, 2.05) is 30.3 Å². The van der Waals surface area contributed by atoms with Crippen LogP contribution in [0.25, 0.3) is 0 Å². The minimum absolute atomic E-state index is 0. The van der Waals surface area contributed by atoms with Gasteiger partial charge in [0, 0.05) is 12.8 Å². The van der Waals surface area contributed by atoms with Crippen LogP contribution in [-0.2, 0) is 20.9 Å². The lowest BCUT2D eigenvalue weighted by molar-refractivity contribution is -0.594. The lowest BCUT2D eigenvalue weighted by atomic mass is 9.98. The van der Waals surface area contributed by atoms with Gasteiger partial charge in [0.2, 0.25) is 23.9 Å². The molecule has 2 aliphatic heterocycles. The van der Waals surface area contributed by atoms with Crippen molar-refractivity contribution < 1.29 is 52.2 Å². The Bertz CT molecular complexity index is 829. The zero-order valence-corrected chi connectivity index (χ0v) is 19.5. The van der Waals surface area contributed by atoms with Crippen molar-refractivity contribution in [2.24, 2.45) is 5.73 Å². The molecule has 1 aromatic rings. The lowest BCUT2D eigenvalue weighted by Crippen LogP contribution is -3.00. The first kappa shape index (κ1) is 27.5. The van der Waals surface area contributed by atoms with Crippen LogP contribution in [0.5, 0.6) is 0 Å². The fourth-order valence-electron chi connectivity index (χ4n) is 3.68. The average molecular weight is 504 g/mol. The summed E-state index contributed by atoms with van der Waals surface area (Å²) in [6.07, 6.45) is -5.22. The molecule has 3 rings (SSSR count). The number of rotatable bonds is 9. The van der Waals surface area contributed by atoms with Gasteiger partial charge < -0.3 is 37.6 Å². The van der Waals surface area contributed by atoms with Crippen LogP contribution in [0.4, 0.5) is 0 Å². The van der Waals surface area contributed by atoms with Gasteiger partial charge in [0.25, 0.3) is 0 Å². The first-order valence-corrected chi connectivity index (χ1v) is 11.5. The Balaban J connectivity index is 0.00000385. The molecule has 12 heteroatoms. The zero-order chi connectivity index (χ0) is 23.3. The minimum atomic E-state index is -1.48. The van der Waals surface area contributed by atoms with E-state index in [-0.39, 0.29) is 37.2 Å². The molecule has 6 atom stereocenters. The Hall–Kier alpha value is -1.73. The number of likely N-dealkylation sites (tertiary alicyclic amines) is 1. The van der Waals surface area contributed by atoms with Crippen molar-refractivity contribution in [1.29, 1.82) is 0 Å². The monoisotopic (exact) mass is 503 g/mol. The third-order valence-corrected chi connectivity index (χ3v) is 6.81. The van der Waals surface area contributed by atoms with Gasteiger partial charge in [-0.1, -0.05) is 30.3 Å². The van der Waals surface area contributed by atoms with E-state index in [1.165, 1.54) is 16.7 Å². The molecule has 0 aromatic heterocycles. The van der Waals surface area contributed by atoms with Gasteiger partial charge >= 0.3 is 0 Å². The molecule has 7 N–H and O–H groups in total. The number of halogens is 1. The first-order valence-electron chi connectivity index (χ1n) is 10.5. The molecule has 0 saturated carbocycles. The van der Waals surface area contributed by atoms with E-state index >= 15 is 0 Å². The summed E-state index contributed by atoms with van der Waals surface area (Å²) >= 11 is 1.41. The van der Waals surface area contributed by atoms with Crippen LogP contribution in [0.3, 0.4) is 0 Å². The molecule has 2 aliphatic rings. The van der Waals surface area contributed by atoms with E-state index in [9.17, 15) is 30.0 Å². The molecular formula is C21H30ClN3O7S. The topological polar surface area (TPSA) is 168 Å². The van der Waals surface area contributed by atoms with Gasteiger partial charge in [0.05, 0.1) is 18.4 Å². The number of aliphatic hydroxyl groups is 4. The fourth-order valence-corrected chi connectivity index (χ4v) is 4.80. The number of hydrogen-bond acceptors (Lipinski definition) is 8. The number of carbonyl (C=O) groups excluding carboxylic acids is 2. The van der Waals surface area contributed by atoms with Gasteiger partial charge in [-0.15, -0.1) is 11.8 Å². The van der Waals surface area contributed by atoms with Crippen LogP contribution < -0.4 is 23.1 Å². The minimum Gasteiger partial charge on any atom is -1.00 e. The maximum Gasteiger partial charge on any atom is 0.243 e. The molecule has 2 fully saturated rings. The smallest absolute Gasteiger partial charge is 0.243 e. The van der Waals surface area contributed by atoms with E-state index in [1.54, 1.807) is 0 Å². The predicted molar refractivity (Wildman–Crippen MR) is 116 cm³/mol. The second-order valence-corrected chi connectivity index (χ2v) is 9.20. The number of nitrogens with two attached hydrogens (primary N) is 1. The Morgan fingerprint density at radius 1 is 1.15 bits per heavy atom. The van der Waals surface area contributed by atoms with Crippen LogP contribution in [0.15, 0.2) is 30.3 Å². The van der Waals surface area contributed by atoms with E-state index in [0.717, 1.165) is 5.56 Å². The van der Waals surface area contributed by atoms with Crippen molar-refractivity contribution in [3.8, 4) is 0 Å². The van der Waals surface area contributed by atoms with Crippen molar-refractivity contribution in [3.05, 3.63) is 35.9 Å². The highest BCUT2D eigenvalue weighted by molar-refractivity contribution is 8.00. The van der Waals surface area contributed by atoms with E-state index in [2.05, 4.69) is 4.99 Å². The summed E-state index contributed by atoms with van der Waals surface area (Å²) in [7, 11) is 0. The largest absolute Gasteiger partial charge is 1.00 e. The molecule has 0 bridgehead atoms. The number of aliphatic hydroxyl groups excluding tert-OH is 4. The van der Waals surface area contributed by atoms with Crippen molar-refractivity contribution in [1.82, 2.24) is 4.90 Å². The van der Waals surface area contributed by atoms with E-state index < -0.39 is 42.5 Å². The average Bonchev–Trinajstić information content (AvgIpc) is 3.05. The fraction of sp³-hybridized carbons (Fsp3) is 0.571. The number of nitrogens with one attached hydrogen (secondary N) is 1. The van der Waals surface area contributed by atoms with Gasteiger partial charge in [-0.05, 0) is 17.7 Å². The Morgan fingerprint density at radius 3 is 2.52 bits per heavy atom. The molecule has 2 saturated heterocycles. The Morgan fingerprint density at radius 2 is 1.85 bits per heavy atom. The van der Waals surface area contributed by atoms with Gasteiger partial charge in [0.1, 0.15) is 24.4 Å². The van der Waals surface area contributed by atoms with Gasteiger partial charge in [-0.3, -0.25) is 20.2 Å². The molecule has 1 aromatic carbocycles. The molecule has 10 nitrogen and oxygen atoms in total. The van der Waals surface area contributed by atoms with Crippen LogP contribution in [0.2, 0.25) is 0 Å². The SMILES string of the molecule is N/C(CCCSC1CC(=O)N(Cc2ccccc2)C1=O)=[NH+]\[C@@H]1O[C@H](CO)[C@@H](O)[C@H](O)[C@H]1O.[Cl-]. The quantitative estimate of drug-likeness (QED) is 0.0831. The number of thioether (sulfide) groups is 1. The number of benzene rings is 1. The van der Waals surface area contributed by atoms with Crippen molar-refractivity contribution in [2.75, 3.05) is 12.4 Å². The number of imide groups is 1. The Kier molecular flexibility index (Phi) is 10.6. The molecule has 2 amide bonds. The molecule has 184 valence electrons. The summed E-state index contributed by atoms with van der Waals surface area (Å²) in [6, 6.07) is 9.37. The van der Waals surface area contributed by atoms with Crippen molar-refractivity contribution in [3.63, 3.8) is 0 Å². The van der Waals surface area contributed by atoms with Crippen LogP contribution >= 0.6 is 11.8 Å². The van der Waals surface area contributed by atoms with Gasteiger partial charge in [-0.25, -0.2) is 4.99 Å². The van der Waals surface area contributed by atoms with Crippen molar-refractivity contribution >= 4 is 29.4 Å². The zero-order valence-electron chi connectivity index (χ0n) is 17.9. The highest BCUT2D eigenvalue weighted by Crippen LogP contribution is 2.27. The molecule has 1 unspecified atom stereocenters. The number of hydrogen-bond donors (Lipinski definition) is 6. The number of ether oxygens (including phenoxy) is 1. The van der Waals surface area contributed by atoms with Crippen LogP contribution in [0, 0.1) is 0 Å².